The normalized spacial score (nSPS) is 11.3. The van der Waals surface area contributed by atoms with Crippen LogP contribution in [-0.2, 0) is 9.53 Å². The highest BCUT2D eigenvalue weighted by atomic mass is 79.9. The number of rotatable bonds is 3. The third-order valence-electron chi connectivity index (χ3n) is 1.01. The van der Waals surface area contributed by atoms with Gasteiger partial charge in [-0.15, -0.1) is 0 Å². The largest absolute Gasteiger partial charge is 0.465 e. The summed E-state index contributed by atoms with van der Waals surface area (Å²) in [5, 5.41) is 0.711. The maximum absolute atomic E-state index is 11.0. The summed E-state index contributed by atoms with van der Waals surface area (Å²) in [7, 11) is 0. The lowest BCUT2D eigenvalue weighted by atomic mass is 9.93. The topological polar surface area (TPSA) is 26.3 Å². The zero-order valence-electron chi connectivity index (χ0n) is 7.32. The second-order valence-electron chi connectivity index (χ2n) is 3.65. The van der Waals surface area contributed by atoms with E-state index in [-0.39, 0.29) is 11.4 Å². The molecule has 0 aliphatic carbocycles. The Hall–Kier alpha value is -0.0500. The molecular weight excluding hydrogens is 208 g/mol. The number of carbonyl (C=O) groups excluding carboxylic acids is 1. The summed E-state index contributed by atoms with van der Waals surface area (Å²) in [6, 6.07) is 0. The lowest BCUT2D eigenvalue weighted by Crippen LogP contribution is -2.16. The van der Waals surface area contributed by atoms with E-state index >= 15 is 0 Å². The number of hydrogen-bond acceptors (Lipinski definition) is 2. The summed E-state index contributed by atoms with van der Waals surface area (Å²) >= 11 is 3.18. The van der Waals surface area contributed by atoms with Gasteiger partial charge >= 0.3 is 5.97 Å². The predicted octanol–water partition coefficient (Wildman–Crippen LogP) is 2.36. The summed E-state index contributed by atoms with van der Waals surface area (Å²) < 4.78 is 4.88. The van der Waals surface area contributed by atoms with Crippen molar-refractivity contribution >= 4 is 21.9 Å². The van der Waals surface area contributed by atoms with Crippen LogP contribution in [0.3, 0.4) is 0 Å². The van der Waals surface area contributed by atoms with Gasteiger partial charge in [-0.2, -0.15) is 0 Å². The van der Waals surface area contributed by atoms with Gasteiger partial charge in [-0.25, -0.2) is 0 Å². The van der Waals surface area contributed by atoms with Crippen molar-refractivity contribution in [2.45, 2.75) is 27.2 Å². The third-order valence-corrected chi connectivity index (χ3v) is 1.34. The van der Waals surface area contributed by atoms with E-state index in [4.69, 9.17) is 4.74 Å². The van der Waals surface area contributed by atoms with Crippen molar-refractivity contribution in [3.8, 4) is 0 Å². The monoisotopic (exact) mass is 222 g/mol. The van der Waals surface area contributed by atoms with Crippen LogP contribution in [0.2, 0.25) is 0 Å². The van der Waals surface area contributed by atoms with E-state index in [1.807, 2.05) is 20.8 Å². The predicted molar refractivity (Wildman–Crippen MR) is 48.8 cm³/mol. The van der Waals surface area contributed by atoms with Crippen LogP contribution in [0.1, 0.15) is 27.2 Å². The van der Waals surface area contributed by atoms with Gasteiger partial charge in [0.25, 0.3) is 0 Å². The molecule has 0 bridgehead atoms. The zero-order valence-corrected chi connectivity index (χ0v) is 8.90. The van der Waals surface area contributed by atoms with Crippen molar-refractivity contribution in [1.82, 2.24) is 0 Å². The number of ether oxygens (including phenoxy) is 1. The van der Waals surface area contributed by atoms with E-state index in [0.29, 0.717) is 18.4 Å². The highest BCUT2D eigenvalue weighted by molar-refractivity contribution is 9.09. The minimum Gasteiger partial charge on any atom is -0.465 e. The van der Waals surface area contributed by atoms with Crippen LogP contribution < -0.4 is 0 Å². The van der Waals surface area contributed by atoms with Gasteiger partial charge in [0, 0.05) is 5.33 Å². The van der Waals surface area contributed by atoms with Crippen molar-refractivity contribution < 1.29 is 9.53 Å². The van der Waals surface area contributed by atoms with Gasteiger partial charge in [0.15, 0.2) is 0 Å². The molecule has 0 atom stereocenters. The van der Waals surface area contributed by atoms with Gasteiger partial charge in [-0.1, -0.05) is 36.7 Å². The maximum atomic E-state index is 11.0. The van der Waals surface area contributed by atoms with Crippen molar-refractivity contribution in [1.29, 1.82) is 0 Å². The Morgan fingerprint density at radius 1 is 1.45 bits per heavy atom. The smallest absolute Gasteiger partial charge is 0.306 e. The Morgan fingerprint density at radius 3 is 2.36 bits per heavy atom. The minimum atomic E-state index is -0.114. The zero-order chi connectivity index (χ0) is 8.91. The van der Waals surface area contributed by atoms with Crippen molar-refractivity contribution in [3.63, 3.8) is 0 Å². The average Bonchev–Trinajstić information content (AvgIpc) is 1.79. The van der Waals surface area contributed by atoms with Gasteiger partial charge in [0.05, 0.1) is 6.42 Å². The Balaban J connectivity index is 3.53. The number of halogens is 1. The van der Waals surface area contributed by atoms with E-state index in [9.17, 15) is 4.79 Å². The Morgan fingerprint density at radius 2 is 2.00 bits per heavy atom. The van der Waals surface area contributed by atoms with Crippen LogP contribution in [0.25, 0.3) is 0 Å². The molecule has 2 nitrogen and oxygen atoms in total. The second-order valence-corrected chi connectivity index (χ2v) is 4.44. The summed E-state index contributed by atoms with van der Waals surface area (Å²) in [6.07, 6.45) is 0.486. The van der Waals surface area contributed by atoms with Gasteiger partial charge in [0.2, 0.25) is 0 Å². The minimum absolute atomic E-state index is 0.0311. The molecule has 0 saturated carbocycles. The Kier molecular flexibility index (Phi) is 4.73. The SMILES string of the molecule is CC(C)(C)CC(=O)OCCBr. The van der Waals surface area contributed by atoms with Crippen LogP contribution in [-0.4, -0.2) is 17.9 Å². The molecule has 0 amide bonds. The number of esters is 1. The summed E-state index contributed by atoms with van der Waals surface area (Å²) in [4.78, 5) is 11.0. The molecule has 0 unspecified atom stereocenters. The third kappa shape index (κ3) is 7.85. The lowest BCUT2D eigenvalue weighted by Gasteiger charge is -2.16. The summed E-state index contributed by atoms with van der Waals surface area (Å²) in [5.41, 5.74) is 0.0311. The van der Waals surface area contributed by atoms with Crippen LogP contribution in [0, 0.1) is 5.41 Å². The van der Waals surface area contributed by atoms with Crippen LogP contribution in [0.5, 0.6) is 0 Å². The molecule has 0 spiro atoms. The first kappa shape index (κ1) is 11.0. The fourth-order valence-corrected chi connectivity index (χ4v) is 0.798. The molecule has 11 heavy (non-hydrogen) atoms. The van der Waals surface area contributed by atoms with Gasteiger partial charge in [-0.3, -0.25) is 4.79 Å². The first-order chi connectivity index (χ1) is 4.95. The maximum Gasteiger partial charge on any atom is 0.306 e. The molecule has 0 aromatic rings. The van der Waals surface area contributed by atoms with Crippen LogP contribution >= 0.6 is 15.9 Å². The van der Waals surface area contributed by atoms with Gasteiger partial charge < -0.3 is 4.74 Å². The Bertz CT molecular complexity index is 127. The molecule has 0 N–H and O–H groups in total. The molecule has 0 aromatic heterocycles. The van der Waals surface area contributed by atoms with Crippen molar-refractivity contribution in [2.75, 3.05) is 11.9 Å². The van der Waals surface area contributed by atoms with Gasteiger partial charge in [-0.05, 0) is 5.41 Å². The molecular formula is C8H15BrO2. The first-order valence-electron chi connectivity index (χ1n) is 3.67. The van der Waals surface area contributed by atoms with Crippen molar-refractivity contribution in [3.05, 3.63) is 0 Å². The molecule has 3 heteroatoms. The standard InChI is InChI=1S/C8H15BrO2/c1-8(2,3)6-7(10)11-5-4-9/h4-6H2,1-3H3. The molecule has 0 aliphatic heterocycles. The number of hydrogen-bond donors (Lipinski definition) is 0. The summed E-state index contributed by atoms with van der Waals surface area (Å²) in [5.74, 6) is -0.114. The number of carbonyl (C=O) groups is 1. The van der Waals surface area contributed by atoms with E-state index < -0.39 is 0 Å². The van der Waals surface area contributed by atoms with Crippen molar-refractivity contribution in [2.24, 2.45) is 5.41 Å². The molecule has 0 aromatic carbocycles. The fraction of sp³-hybridized carbons (Fsp3) is 0.875. The molecule has 0 radical (unpaired) electrons. The molecule has 0 aliphatic rings. The highest BCUT2D eigenvalue weighted by Gasteiger charge is 2.16. The molecule has 0 heterocycles. The van der Waals surface area contributed by atoms with E-state index in [1.165, 1.54) is 0 Å². The average molecular weight is 223 g/mol. The molecule has 0 rings (SSSR count). The van der Waals surface area contributed by atoms with E-state index in [2.05, 4.69) is 15.9 Å². The molecule has 66 valence electrons. The van der Waals surface area contributed by atoms with E-state index in [1.54, 1.807) is 0 Å². The highest BCUT2D eigenvalue weighted by Crippen LogP contribution is 2.18. The Labute approximate surface area is 76.4 Å². The van der Waals surface area contributed by atoms with E-state index in [0.717, 1.165) is 0 Å². The second kappa shape index (κ2) is 4.75. The fourth-order valence-electron chi connectivity index (χ4n) is 0.636. The first-order valence-corrected chi connectivity index (χ1v) is 4.79. The molecule has 0 saturated heterocycles. The van der Waals surface area contributed by atoms with Crippen LogP contribution in [0.4, 0.5) is 0 Å². The lowest BCUT2D eigenvalue weighted by molar-refractivity contribution is -0.145. The summed E-state index contributed by atoms with van der Waals surface area (Å²) in [6.45, 7) is 6.52. The quantitative estimate of drug-likeness (QED) is 0.542. The van der Waals surface area contributed by atoms with Crippen LogP contribution in [0.15, 0.2) is 0 Å². The van der Waals surface area contributed by atoms with Gasteiger partial charge in [0.1, 0.15) is 6.61 Å². The number of alkyl halides is 1. The molecule has 0 fully saturated rings.